The predicted octanol–water partition coefficient (Wildman–Crippen LogP) is 17.1. The van der Waals surface area contributed by atoms with Gasteiger partial charge in [0.1, 0.15) is 11.2 Å². The molecule has 2 nitrogen and oxygen atoms in total. The molecule has 0 spiro atoms. The monoisotopic (exact) mass is 817 g/mol. The van der Waals surface area contributed by atoms with E-state index in [4.69, 9.17) is 4.42 Å². The van der Waals surface area contributed by atoms with Gasteiger partial charge in [-0.3, -0.25) is 0 Å². The number of furan rings is 1. The summed E-state index contributed by atoms with van der Waals surface area (Å²) in [4.78, 5) is 2.46. The van der Waals surface area contributed by atoms with Gasteiger partial charge in [0, 0.05) is 33.1 Å². The maximum Gasteiger partial charge on any atom is 0.135 e. The van der Waals surface area contributed by atoms with Gasteiger partial charge in [-0.15, -0.1) is 0 Å². The molecule has 1 aliphatic rings. The van der Waals surface area contributed by atoms with Crippen molar-refractivity contribution in [1.82, 2.24) is 0 Å². The highest BCUT2D eigenvalue weighted by Gasteiger charge is 2.41. The van der Waals surface area contributed by atoms with Crippen molar-refractivity contribution in [3.63, 3.8) is 0 Å². The van der Waals surface area contributed by atoms with E-state index >= 15 is 0 Å². The maximum atomic E-state index is 6.25. The summed E-state index contributed by atoms with van der Waals surface area (Å²) in [5, 5.41) is 2.24. The quantitative estimate of drug-likeness (QED) is 0.152. The molecule has 64 heavy (non-hydrogen) atoms. The van der Waals surface area contributed by atoms with Crippen molar-refractivity contribution in [3.05, 3.63) is 259 Å². The molecule has 2 heteroatoms. The third kappa shape index (κ3) is 6.10. The normalized spacial score (nSPS) is 14.1. The van der Waals surface area contributed by atoms with Crippen molar-refractivity contribution in [2.24, 2.45) is 0 Å². The summed E-state index contributed by atoms with van der Waals surface area (Å²) in [5.41, 5.74) is 20.6. The van der Waals surface area contributed by atoms with Crippen LogP contribution >= 0.6 is 0 Å². The van der Waals surface area contributed by atoms with E-state index < -0.39 is 0 Å². The van der Waals surface area contributed by atoms with E-state index in [1.807, 2.05) is 12.1 Å². The Morgan fingerprint density at radius 1 is 0.328 bits per heavy atom. The predicted molar refractivity (Wildman–Crippen MR) is 268 cm³/mol. The minimum Gasteiger partial charge on any atom is -0.456 e. The highest BCUT2D eigenvalue weighted by Crippen LogP contribution is 2.54. The lowest BCUT2D eigenvalue weighted by molar-refractivity contribution is 0.669. The van der Waals surface area contributed by atoms with Crippen LogP contribution in [-0.2, 0) is 5.41 Å². The molecule has 1 atom stereocenters. The summed E-state index contributed by atoms with van der Waals surface area (Å²) in [7, 11) is 0. The summed E-state index contributed by atoms with van der Waals surface area (Å²) >= 11 is 0. The van der Waals surface area contributed by atoms with E-state index in [9.17, 15) is 0 Å². The zero-order valence-electron chi connectivity index (χ0n) is 35.4. The van der Waals surface area contributed by atoms with Gasteiger partial charge in [0.15, 0.2) is 0 Å². The molecule has 0 N–H and O–H groups in total. The van der Waals surface area contributed by atoms with Crippen LogP contribution in [0.25, 0.3) is 77.6 Å². The molecular weight excluding hydrogens is 775 g/mol. The maximum absolute atomic E-state index is 6.25. The first-order chi connectivity index (χ1) is 31.6. The highest BCUT2D eigenvalue weighted by atomic mass is 16.3. The minimum atomic E-state index is -0.296. The molecule has 302 valence electrons. The van der Waals surface area contributed by atoms with Crippen LogP contribution in [0.1, 0.15) is 23.6 Å². The first-order valence-electron chi connectivity index (χ1n) is 22.1. The summed E-state index contributed by atoms with van der Waals surface area (Å²) < 4.78 is 6.25. The molecule has 0 fully saturated rings. The second kappa shape index (κ2) is 15.3. The molecule has 10 aromatic carbocycles. The van der Waals surface area contributed by atoms with Crippen LogP contribution in [0, 0.1) is 0 Å². The SMILES string of the molecule is CC1(c2ccccc2)c2ccccc2-c2cc(N(c3cccc(-c4ccc5oc6ccccc6c5c4)c3)c3ccccc3-c3ccccc3-c3ccccc3-c3ccccc3)ccc21. The van der Waals surface area contributed by atoms with E-state index in [1.165, 1.54) is 55.6 Å². The number of para-hydroxylation sites is 2. The van der Waals surface area contributed by atoms with Crippen LogP contribution in [-0.4, -0.2) is 0 Å². The van der Waals surface area contributed by atoms with Gasteiger partial charge >= 0.3 is 0 Å². The molecule has 1 heterocycles. The van der Waals surface area contributed by atoms with E-state index in [1.54, 1.807) is 0 Å². The topological polar surface area (TPSA) is 16.4 Å². The lowest BCUT2D eigenvalue weighted by Crippen LogP contribution is -2.22. The Kier molecular flexibility index (Phi) is 8.98. The Morgan fingerprint density at radius 3 is 1.67 bits per heavy atom. The van der Waals surface area contributed by atoms with E-state index in [2.05, 4.69) is 242 Å². The average Bonchev–Trinajstić information content (AvgIpc) is 3.87. The smallest absolute Gasteiger partial charge is 0.135 e. The molecule has 1 unspecified atom stereocenters. The fraction of sp³-hybridized carbons (Fsp3) is 0.0323. The number of hydrogen-bond acceptors (Lipinski definition) is 2. The molecule has 11 aromatic rings. The molecule has 12 rings (SSSR count). The fourth-order valence-corrected chi connectivity index (χ4v) is 10.3. The van der Waals surface area contributed by atoms with Crippen LogP contribution in [0.2, 0.25) is 0 Å². The number of benzene rings is 10. The summed E-state index contributed by atoms with van der Waals surface area (Å²) in [6.07, 6.45) is 0. The summed E-state index contributed by atoms with van der Waals surface area (Å²) in [5.74, 6) is 0. The number of nitrogens with zero attached hydrogens (tertiary/aromatic N) is 1. The molecule has 1 aliphatic carbocycles. The molecule has 0 amide bonds. The van der Waals surface area contributed by atoms with Crippen LogP contribution in [0.5, 0.6) is 0 Å². The van der Waals surface area contributed by atoms with Crippen molar-refractivity contribution in [2.75, 3.05) is 4.90 Å². The van der Waals surface area contributed by atoms with E-state index in [0.29, 0.717) is 0 Å². The van der Waals surface area contributed by atoms with Gasteiger partial charge < -0.3 is 9.32 Å². The number of anilines is 3. The molecule has 0 saturated carbocycles. The van der Waals surface area contributed by atoms with Gasteiger partial charge in [-0.2, -0.15) is 0 Å². The minimum absolute atomic E-state index is 0.296. The standard InChI is InChI=1S/C62H43NO/c1-62(45-22-6-3-7-23-45)57-32-15-12-29-52(57)55-41-47(36-37-58(55)62)63(46-24-18-21-43(39-46)44-35-38-61-56(40-44)54-31-14-17-34-60(54)64-61)59-33-16-13-30-53(59)51-28-11-10-27-50(51)49-26-9-8-25-48(49)42-19-4-2-5-20-42/h2-41H,1H3. The lowest BCUT2D eigenvalue weighted by Gasteiger charge is -2.31. The second-order valence-electron chi connectivity index (χ2n) is 16.9. The van der Waals surface area contributed by atoms with Gasteiger partial charge in [-0.1, -0.05) is 194 Å². The van der Waals surface area contributed by atoms with Crippen LogP contribution in [0.3, 0.4) is 0 Å². The van der Waals surface area contributed by atoms with Gasteiger partial charge in [-0.25, -0.2) is 0 Å². The summed E-state index contributed by atoms with van der Waals surface area (Å²) in [6.45, 7) is 2.38. The van der Waals surface area contributed by atoms with Crippen molar-refractivity contribution in [3.8, 4) is 55.6 Å². The van der Waals surface area contributed by atoms with Crippen LogP contribution in [0.15, 0.2) is 247 Å². The molecule has 0 saturated heterocycles. The highest BCUT2D eigenvalue weighted by molar-refractivity contribution is 6.06. The average molecular weight is 818 g/mol. The van der Waals surface area contributed by atoms with Crippen molar-refractivity contribution < 1.29 is 4.42 Å². The second-order valence-corrected chi connectivity index (χ2v) is 16.9. The number of rotatable bonds is 8. The van der Waals surface area contributed by atoms with Gasteiger partial charge in [0.25, 0.3) is 0 Å². The third-order valence-corrected chi connectivity index (χ3v) is 13.4. The van der Waals surface area contributed by atoms with Crippen LogP contribution in [0.4, 0.5) is 17.1 Å². The van der Waals surface area contributed by atoms with Crippen molar-refractivity contribution in [2.45, 2.75) is 12.3 Å². The third-order valence-electron chi connectivity index (χ3n) is 13.4. The molecular formula is C62H43NO. The molecule has 0 aliphatic heterocycles. The zero-order chi connectivity index (χ0) is 42.6. The lowest BCUT2D eigenvalue weighted by atomic mass is 9.74. The Morgan fingerprint density at radius 2 is 0.875 bits per heavy atom. The Balaban J connectivity index is 1.07. The molecule has 0 radical (unpaired) electrons. The van der Waals surface area contributed by atoms with Gasteiger partial charge in [-0.05, 0) is 122 Å². The first-order valence-corrected chi connectivity index (χ1v) is 22.1. The summed E-state index contributed by atoms with van der Waals surface area (Å²) in [6, 6.07) is 88.2. The number of fused-ring (bicyclic) bond motifs is 6. The molecule has 0 bridgehead atoms. The van der Waals surface area contributed by atoms with Crippen molar-refractivity contribution in [1.29, 1.82) is 0 Å². The largest absolute Gasteiger partial charge is 0.456 e. The van der Waals surface area contributed by atoms with E-state index in [0.717, 1.165) is 55.7 Å². The van der Waals surface area contributed by atoms with Crippen LogP contribution < -0.4 is 4.90 Å². The number of hydrogen-bond donors (Lipinski definition) is 0. The van der Waals surface area contributed by atoms with E-state index in [-0.39, 0.29) is 5.41 Å². The Bertz CT molecular complexity index is 3530. The fourth-order valence-electron chi connectivity index (χ4n) is 10.3. The first kappa shape index (κ1) is 37.6. The Hall–Kier alpha value is -8.20. The van der Waals surface area contributed by atoms with Gasteiger partial charge in [0.2, 0.25) is 0 Å². The van der Waals surface area contributed by atoms with Gasteiger partial charge in [0.05, 0.1) is 5.69 Å². The Labute approximate surface area is 374 Å². The molecule has 1 aromatic heterocycles. The van der Waals surface area contributed by atoms with Crippen molar-refractivity contribution >= 4 is 39.0 Å². The zero-order valence-corrected chi connectivity index (χ0v) is 35.4.